The van der Waals surface area contributed by atoms with Gasteiger partial charge in [-0.2, -0.15) is 0 Å². The van der Waals surface area contributed by atoms with Gasteiger partial charge in [-0.25, -0.2) is 4.98 Å². The van der Waals surface area contributed by atoms with E-state index in [1.807, 2.05) is 18.4 Å². The number of halogens is 1. The largest absolute Gasteiger partial charge is 0.487 e. The molecule has 0 amide bonds. The van der Waals surface area contributed by atoms with E-state index in [-0.39, 0.29) is 12.2 Å². The summed E-state index contributed by atoms with van der Waals surface area (Å²) < 4.78 is 7.16. The Bertz CT molecular complexity index is 825. The van der Waals surface area contributed by atoms with Gasteiger partial charge in [0.05, 0.1) is 5.69 Å². The molecule has 0 saturated heterocycles. The summed E-state index contributed by atoms with van der Waals surface area (Å²) in [6.07, 6.45) is 1.71. The molecule has 1 aromatic carbocycles. The lowest BCUT2D eigenvalue weighted by Crippen LogP contribution is -2.14. The summed E-state index contributed by atoms with van der Waals surface area (Å²) in [4.78, 5) is 16.9. The molecule has 6 heteroatoms. The smallest absolute Gasteiger partial charge is 0.258 e. The quantitative estimate of drug-likeness (QED) is 0.746. The molecule has 3 aromatic rings. The summed E-state index contributed by atoms with van der Waals surface area (Å²) in [5.74, 6) is 0.708. The van der Waals surface area contributed by atoms with Gasteiger partial charge in [0.1, 0.15) is 12.4 Å². The number of hydrogen-bond donors (Lipinski definition) is 0. The van der Waals surface area contributed by atoms with Crippen molar-refractivity contribution in [3.05, 3.63) is 62.5 Å². The monoisotopic (exact) mass is 306 g/mol. The third kappa shape index (κ3) is 2.55. The Labute approximate surface area is 124 Å². The fourth-order valence-electron chi connectivity index (χ4n) is 1.83. The first-order chi connectivity index (χ1) is 9.63. The van der Waals surface area contributed by atoms with Crippen LogP contribution in [-0.4, -0.2) is 9.38 Å². The highest BCUT2D eigenvalue weighted by atomic mass is 35.5. The third-order valence-corrected chi connectivity index (χ3v) is 4.05. The van der Waals surface area contributed by atoms with Gasteiger partial charge in [0.25, 0.3) is 5.56 Å². The minimum Gasteiger partial charge on any atom is -0.487 e. The van der Waals surface area contributed by atoms with Crippen LogP contribution in [0.2, 0.25) is 5.02 Å². The second kappa shape index (κ2) is 5.26. The van der Waals surface area contributed by atoms with Gasteiger partial charge in [-0.1, -0.05) is 11.6 Å². The minimum atomic E-state index is -0.0952. The first-order valence-corrected chi connectivity index (χ1v) is 7.24. The number of aromatic nitrogens is 2. The van der Waals surface area contributed by atoms with E-state index in [2.05, 4.69) is 4.98 Å². The number of rotatable bonds is 3. The van der Waals surface area contributed by atoms with Crippen LogP contribution in [0.5, 0.6) is 5.75 Å². The van der Waals surface area contributed by atoms with Crippen molar-refractivity contribution in [3.8, 4) is 5.75 Å². The van der Waals surface area contributed by atoms with E-state index in [1.54, 1.807) is 18.3 Å². The predicted molar refractivity (Wildman–Crippen MR) is 79.9 cm³/mol. The number of benzene rings is 1. The first-order valence-electron chi connectivity index (χ1n) is 5.98. The first kappa shape index (κ1) is 13.1. The Morgan fingerprint density at radius 1 is 1.40 bits per heavy atom. The average molecular weight is 307 g/mol. The second-order valence-corrected chi connectivity index (χ2v) is 5.62. The normalized spacial score (nSPS) is 10.9. The highest BCUT2D eigenvalue weighted by molar-refractivity contribution is 7.15. The molecule has 4 nitrogen and oxygen atoms in total. The predicted octanol–water partition coefficient (Wildman–Crippen LogP) is 3.30. The van der Waals surface area contributed by atoms with Gasteiger partial charge < -0.3 is 4.74 Å². The van der Waals surface area contributed by atoms with Gasteiger partial charge in [-0.15, -0.1) is 11.3 Å². The Balaban J connectivity index is 1.82. The van der Waals surface area contributed by atoms with Crippen molar-refractivity contribution in [2.75, 3.05) is 0 Å². The van der Waals surface area contributed by atoms with Crippen molar-refractivity contribution in [2.45, 2.75) is 13.5 Å². The maximum Gasteiger partial charge on any atom is 0.258 e. The number of hydrogen-bond acceptors (Lipinski definition) is 4. The van der Waals surface area contributed by atoms with Gasteiger partial charge >= 0.3 is 0 Å². The molecule has 0 radical (unpaired) electrons. The molecule has 0 aliphatic heterocycles. The molecule has 102 valence electrons. The fraction of sp³-hybridized carbons (Fsp3) is 0.143. The molecule has 20 heavy (non-hydrogen) atoms. The molecule has 2 heterocycles. The van der Waals surface area contributed by atoms with E-state index in [1.165, 1.54) is 21.8 Å². The van der Waals surface area contributed by atoms with Crippen molar-refractivity contribution in [1.82, 2.24) is 9.38 Å². The number of thiazole rings is 1. The Kier molecular flexibility index (Phi) is 3.46. The van der Waals surface area contributed by atoms with Gasteiger partial charge in [0.15, 0.2) is 4.96 Å². The zero-order chi connectivity index (χ0) is 14.1. The molecule has 3 rings (SSSR count). The van der Waals surface area contributed by atoms with Gasteiger partial charge in [-0.05, 0) is 30.7 Å². The molecule has 0 aliphatic rings. The van der Waals surface area contributed by atoms with Crippen LogP contribution in [0.15, 0.2) is 40.6 Å². The number of aryl methyl sites for hydroxylation is 1. The number of fused-ring (bicyclic) bond motifs is 1. The summed E-state index contributed by atoms with van der Waals surface area (Å²) in [6.45, 7) is 2.17. The lowest BCUT2D eigenvalue weighted by molar-refractivity contribution is 0.301. The van der Waals surface area contributed by atoms with Crippen LogP contribution in [0.4, 0.5) is 0 Å². The molecule has 0 spiro atoms. The third-order valence-electron chi connectivity index (χ3n) is 2.87. The van der Waals surface area contributed by atoms with E-state index in [0.717, 1.165) is 5.56 Å². The Morgan fingerprint density at radius 2 is 2.25 bits per heavy atom. The van der Waals surface area contributed by atoms with E-state index < -0.39 is 0 Å². The Hall–Kier alpha value is -1.85. The molecular formula is C14H11ClN2O2S. The minimum absolute atomic E-state index is 0.0952. The lowest BCUT2D eigenvalue weighted by Gasteiger charge is -2.07. The summed E-state index contributed by atoms with van der Waals surface area (Å²) >= 11 is 7.38. The van der Waals surface area contributed by atoms with Crippen molar-refractivity contribution < 1.29 is 4.74 Å². The molecule has 0 unspecified atom stereocenters. The van der Waals surface area contributed by atoms with Crippen LogP contribution in [0, 0.1) is 6.92 Å². The summed E-state index contributed by atoms with van der Waals surface area (Å²) in [7, 11) is 0. The molecular weight excluding hydrogens is 296 g/mol. The molecule has 0 bridgehead atoms. The van der Waals surface area contributed by atoms with E-state index in [0.29, 0.717) is 21.4 Å². The lowest BCUT2D eigenvalue weighted by atomic mass is 10.2. The zero-order valence-electron chi connectivity index (χ0n) is 10.7. The van der Waals surface area contributed by atoms with E-state index in [9.17, 15) is 4.79 Å². The van der Waals surface area contributed by atoms with Crippen LogP contribution in [-0.2, 0) is 6.61 Å². The van der Waals surface area contributed by atoms with Gasteiger partial charge in [0.2, 0.25) is 0 Å². The van der Waals surface area contributed by atoms with Gasteiger partial charge in [-0.3, -0.25) is 9.20 Å². The average Bonchev–Trinajstić information content (AvgIpc) is 2.89. The summed E-state index contributed by atoms with van der Waals surface area (Å²) in [5.41, 5.74) is 1.47. The SMILES string of the molecule is Cc1cc(OCc2cc(=O)n3ccsc3n2)ccc1Cl. The van der Waals surface area contributed by atoms with Crippen LogP contribution < -0.4 is 10.3 Å². The maximum atomic E-state index is 11.8. The van der Waals surface area contributed by atoms with Crippen LogP contribution in [0.3, 0.4) is 0 Å². The molecule has 2 aromatic heterocycles. The molecule has 0 atom stereocenters. The number of nitrogens with zero attached hydrogens (tertiary/aromatic N) is 2. The van der Waals surface area contributed by atoms with Gasteiger partial charge in [0, 0.05) is 22.7 Å². The van der Waals surface area contributed by atoms with Crippen molar-refractivity contribution in [3.63, 3.8) is 0 Å². The number of ether oxygens (including phenoxy) is 1. The fourth-order valence-corrected chi connectivity index (χ4v) is 2.68. The van der Waals surface area contributed by atoms with E-state index in [4.69, 9.17) is 16.3 Å². The summed E-state index contributed by atoms with van der Waals surface area (Å²) in [5, 5.41) is 2.53. The molecule has 0 aliphatic carbocycles. The molecule has 0 N–H and O–H groups in total. The van der Waals surface area contributed by atoms with Crippen molar-refractivity contribution in [2.24, 2.45) is 0 Å². The van der Waals surface area contributed by atoms with Crippen LogP contribution in [0.25, 0.3) is 4.96 Å². The standard InChI is InChI=1S/C14H11ClN2O2S/c1-9-6-11(2-3-12(9)15)19-8-10-7-13(18)17-4-5-20-14(17)16-10/h2-7H,8H2,1H3. The second-order valence-electron chi connectivity index (χ2n) is 4.34. The Morgan fingerprint density at radius 3 is 3.05 bits per heavy atom. The van der Waals surface area contributed by atoms with Crippen molar-refractivity contribution >= 4 is 27.9 Å². The molecule has 0 saturated carbocycles. The summed E-state index contributed by atoms with van der Waals surface area (Å²) in [6, 6.07) is 6.93. The van der Waals surface area contributed by atoms with Crippen LogP contribution >= 0.6 is 22.9 Å². The highest BCUT2D eigenvalue weighted by Crippen LogP contribution is 2.21. The zero-order valence-corrected chi connectivity index (χ0v) is 12.2. The highest BCUT2D eigenvalue weighted by Gasteiger charge is 2.05. The topological polar surface area (TPSA) is 43.6 Å². The van der Waals surface area contributed by atoms with Crippen LogP contribution in [0.1, 0.15) is 11.3 Å². The molecule has 0 fully saturated rings. The maximum absolute atomic E-state index is 11.8. The van der Waals surface area contributed by atoms with Crippen molar-refractivity contribution in [1.29, 1.82) is 0 Å². The van der Waals surface area contributed by atoms with E-state index >= 15 is 0 Å².